The lowest BCUT2D eigenvalue weighted by Gasteiger charge is -2.06. The first-order chi connectivity index (χ1) is 13.8. The fraction of sp³-hybridized carbons (Fsp3) is 0.240. The van der Waals surface area contributed by atoms with Gasteiger partial charge in [0.25, 0.3) is 0 Å². The number of hydrogen-bond donors (Lipinski definition) is 0. The lowest BCUT2D eigenvalue weighted by Crippen LogP contribution is -1.93. The van der Waals surface area contributed by atoms with Crippen LogP contribution in [0.4, 0.5) is 0 Å². The number of thiophene rings is 1. The van der Waals surface area contributed by atoms with E-state index in [1.165, 1.54) is 36.2 Å². The topological polar surface area (TPSA) is 33.0 Å². The zero-order chi connectivity index (χ0) is 19.6. The van der Waals surface area contributed by atoms with Crippen LogP contribution in [-0.2, 0) is 0 Å². The summed E-state index contributed by atoms with van der Waals surface area (Å²) >= 11 is 1.52. The second-order valence-electron chi connectivity index (χ2n) is 6.66. The summed E-state index contributed by atoms with van der Waals surface area (Å²) in [5.74, 6) is 0.890. The van der Waals surface area contributed by atoms with Crippen molar-refractivity contribution >= 4 is 11.3 Å². The van der Waals surface area contributed by atoms with Crippen molar-refractivity contribution in [3.8, 4) is 33.4 Å². The number of unbranched alkanes of at least 4 members (excludes halogenated alkanes) is 3. The van der Waals surface area contributed by atoms with Crippen molar-refractivity contribution < 1.29 is 4.74 Å². The van der Waals surface area contributed by atoms with Crippen LogP contribution in [-0.4, -0.2) is 6.61 Å². The molecule has 3 aromatic rings. The maximum absolute atomic E-state index is 8.97. The minimum atomic E-state index is 0.617. The van der Waals surface area contributed by atoms with Gasteiger partial charge in [-0.25, -0.2) is 0 Å². The first kappa shape index (κ1) is 19.9. The van der Waals surface area contributed by atoms with Crippen molar-refractivity contribution in [2.24, 2.45) is 0 Å². The maximum atomic E-state index is 8.97. The Morgan fingerprint density at radius 3 is 2.18 bits per heavy atom. The summed E-state index contributed by atoms with van der Waals surface area (Å²) in [6.45, 7) is 2.84. The third-order valence-corrected chi connectivity index (χ3v) is 5.60. The maximum Gasteiger partial charge on any atom is 0.119 e. The Morgan fingerprint density at radius 1 is 0.857 bits per heavy atom. The molecule has 0 atom stereocenters. The number of allylic oxidation sites excluding steroid dienone is 1. The fourth-order valence-electron chi connectivity index (χ4n) is 2.97. The van der Waals surface area contributed by atoms with Gasteiger partial charge < -0.3 is 4.74 Å². The van der Waals surface area contributed by atoms with Crippen LogP contribution in [0.2, 0.25) is 0 Å². The Kier molecular flexibility index (Phi) is 7.46. The van der Waals surface area contributed by atoms with Crippen LogP contribution in [0.1, 0.15) is 37.5 Å². The number of benzene rings is 2. The molecule has 28 heavy (non-hydrogen) atoms. The largest absolute Gasteiger partial charge is 0.490 e. The van der Waals surface area contributed by atoms with Crippen LogP contribution in [0.5, 0.6) is 5.75 Å². The van der Waals surface area contributed by atoms with Gasteiger partial charge >= 0.3 is 0 Å². The third kappa shape index (κ3) is 5.58. The molecular weight excluding hydrogens is 362 g/mol. The smallest absolute Gasteiger partial charge is 0.119 e. The molecular formula is C25H25NOS. The molecule has 0 aliphatic carbocycles. The van der Waals surface area contributed by atoms with E-state index in [9.17, 15) is 0 Å². The van der Waals surface area contributed by atoms with Crippen molar-refractivity contribution in [2.75, 3.05) is 6.61 Å². The zero-order valence-corrected chi connectivity index (χ0v) is 17.0. The van der Waals surface area contributed by atoms with Gasteiger partial charge in [-0.15, -0.1) is 11.3 Å². The van der Waals surface area contributed by atoms with E-state index in [4.69, 9.17) is 10.00 Å². The molecule has 0 saturated carbocycles. The van der Waals surface area contributed by atoms with Gasteiger partial charge in [0.15, 0.2) is 0 Å². The van der Waals surface area contributed by atoms with Crippen molar-refractivity contribution in [1.82, 2.24) is 0 Å². The van der Waals surface area contributed by atoms with Crippen molar-refractivity contribution in [2.45, 2.75) is 32.6 Å². The lowest BCUT2D eigenvalue weighted by molar-refractivity contribution is 0.362. The van der Waals surface area contributed by atoms with E-state index in [1.807, 2.05) is 24.3 Å². The fourth-order valence-corrected chi connectivity index (χ4v) is 3.77. The zero-order valence-electron chi connectivity index (χ0n) is 16.2. The molecule has 142 valence electrons. The van der Waals surface area contributed by atoms with Gasteiger partial charge in [0.2, 0.25) is 0 Å². The van der Waals surface area contributed by atoms with Crippen LogP contribution < -0.4 is 4.74 Å². The first-order valence-corrected chi connectivity index (χ1v) is 10.6. The number of nitriles is 1. The average molecular weight is 388 g/mol. The lowest BCUT2D eigenvalue weighted by atomic mass is 10.0. The molecule has 0 fully saturated rings. The normalized spacial score (nSPS) is 10.9. The quantitative estimate of drug-likeness (QED) is 0.282. The highest BCUT2D eigenvalue weighted by Gasteiger charge is 2.04. The summed E-state index contributed by atoms with van der Waals surface area (Å²) in [6.07, 6.45) is 9.25. The summed E-state index contributed by atoms with van der Waals surface area (Å²) in [5, 5.41) is 8.97. The average Bonchev–Trinajstić information content (AvgIpc) is 3.23. The molecule has 3 heteroatoms. The van der Waals surface area contributed by atoms with Gasteiger partial charge in [0, 0.05) is 4.88 Å². The van der Waals surface area contributed by atoms with Crippen molar-refractivity contribution in [3.05, 3.63) is 77.7 Å². The van der Waals surface area contributed by atoms with Gasteiger partial charge in [-0.05, 0) is 53.8 Å². The molecule has 0 amide bonds. The Morgan fingerprint density at radius 2 is 1.54 bits per heavy atom. The second kappa shape index (κ2) is 10.5. The first-order valence-electron chi connectivity index (χ1n) is 9.79. The van der Waals surface area contributed by atoms with Gasteiger partial charge in [0.1, 0.15) is 23.3 Å². The SMILES string of the molecule is CCCCC/C=C/COc1ccc(-c2ccc(-c3ccc(C#N)s3)cc2)cc1. The van der Waals surface area contributed by atoms with E-state index in [1.54, 1.807) is 0 Å². The van der Waals surface area contributed by atoms with E-state index in [2.05, 4.69) is 61.5 Å². The summed E-state index contributed by atoms with van der Waals surface area (Å²) in [4.78, 5) is 1.86. The Bertz CT molecular complexity index is 930. The molecule has 1 heterocycles. The number of hydrogen-bond acceptors (Lipinski definition) is 3. The molecule has 0 unspecified atom stereocenters. The summed E-state index contributed by atoms with van der Waals surface area (Å²) < 4.78 is 5.78. The molecule has 0 spiro atoms. The van der Waals surface area contributed by atoms with Gasteiger partial charge in [-0.2, -0.15) is 5.26 Å². The minimum Gasteiger partial charge on any atom is -0.490 e. The molecule has 2 nitrogen and oxygen atoms in total. The Hall–Kier alpha value is -2.83. The van der Waals surface area contributed by atoms with E-state index < -0.39 is 0 Å². The van der Waals surface area contributed by atoms with Gasteiger partial charge in [-0.3, -0.25) is 0 Å². The van der Waals surface area contributed by atoms with E-state index in [0.717, 1.165) is 33.1 Å². The van der Waals surface area contributed by atoms with Crippen LogP contribution in [0.25, 0.3) is 21.6 Å². The van der Waals surface area contributed by atoms with Gasteiger partial charge in [0.05, 0.1) is 0 Å². The van der Waals surface area contributed by atoms with Crippen LogP contribution in [0, 0.1) is 11.3 Å². The predicted molar refractivity (Wildman–Crippen MR) is 119 cm³/mol. The second-order valence-corrected chi connectivity index (χ2v) is 7.74. The predicted octanol–water partition coefficient (Wildman–Crippen LogP) is 7.47. The summed E-state index contributed by atoms with van der Waals surface area (Å²) in [7, 11) is 0. The molecule has 2 aromatic carbocycles. The molecule has 3 rings (SSSR count). The standard InChI is InChI=1S/C25H25NOS/c1-2-3-4-5-6-7-18-27-23-14-12-21(13-15-23)20-8-10-22(11-9-20)25-17-16-24(19-26)28-25/h6-17H,2-5,18H2,1H3/b7-6+. The van der Waals surface area contributed by atoms with Gasteiger partial charge in [-0.1, -0.05) is 68.3 Å². The number of nitrogens with zero attached hydrogens (tertiary/aromatic N) is 1. The van der Waals surface area contributed by atoms with Crippen LogP contribution in [0.15, 0.2) is 72.8 Å². The number of ether oxygens (including phenoxy) is 1. The summed E-state index contributed by atoms with van der Waals surface area (Å²) in [6, 6.07) is 22.7. The highest BCUT2D eigenvalue weighted by molar-refractivity contribution is 7.16. The molecule has 0 bridgehead atoms. The third-order valence-electron chi connectivity index (χ3n) is 4.56. The van der Waals surface area contributed by atoms with Crippen LogP contribution in [0.3, 0.4) is 0 Å². The highest BCUT2D eigenvalue weighted by Crippen LogP contribution is 2.30. The van der Waals surface area contributed by atoms with Crippen molar-refractivity contribution in [1.29, 1.82) is 5.26 Å². The van der Waals surface area contributed by atoms with Crippen LogP contribution >= 0.6 is 11.3 Å². The molecule has 0 aliphatic heterocycles. The molecule has 1 aromatic heterocycles. The van der Waals surface area contributed by atoms with E-state index in [0.29, 0.717) is 6.61 Å². The highest BCUT2D eigenvalue weighted by atomic mass is 32.1. The summed E-state index contributed by atoms with van der Waals surface area (Å²) in [5.41, 5.74) is 3.47. The minimum absolute atomic E-state index is 0.617. The Labute approximate surface area is 171 Å². The van der Waals surface area contributed by atoms with Crippen molar-refractivity contribution in [3.63, 3.8) is 0 Å². The molecule has 0 aliphatic rings. The number of rotatable bonds is 9. The molecule has 0 radical (unpaired) electrons. The van der Waals surface area contributed by atoms with E-state index >= 15 is 0 Å². The molecule has 0 N–H and O–H groups in total. The van der Waals surface area contributed by atoms with E-state index in [-0.39, 0.29) is 0 Å². The monoisotopic (exact) mass is 387 g/mol. The molecule has 0 saturated heterocycles. The Balaban J connectivity index is 1.55.